The van der Waals surface area contributed by atoms with Crippen molar-refractivity contribution in [2.75, 3.05) is 37.9 Å². The summed E-state index contributed by atoms with van der Waals surface area (Å²) in [5, 5.41) is 0. The molecule has 1 heterocycles. The summed E-state index contributed by atoms with van der Waals surface area (Å²) in [5.41, 5.74) is 0.722. The normalized spacial score (nSPS) is 16.6. The number of carbonyl (C=O) groups is 2. The van der Waals surface area contributed by atoms with Gasteiger partial charge >= 0.3 is 5.97 Å². The third-order valence-electron chi connectivity index (χ3n) is 4.11. The number of piperidine rings is 1. The van der Waals surface area contributed by atoms with Crippen LogP contribution in [0, 0.1) is 5.92 Å². The zero-order valence-corrected chi connectivity index (χ0v) is 14.7. The number of ether oxygens (including phenoxy) is 1. The third-order valence-corrected chi connectivity index (χ3v) is 5.41. The lowest BCUT2D eigenvalue weighted by Gasteiger charge is -2.29. The van der Waals surface area contributed by atoms with Crippen LogP contribution in [0.4, 0.5) is 5.69 Å². The molecule has 1 saturated heterocycles. The topological polar surface area (TPSA) is 84.0 Å². The molecular formula is C16H22N2O5S. The van der Waals surface area contributed by atoms with Crippen LogP contribution in [0.3, 0.4) is 0 Å². The van der Waals surface area contributed by atoms with Gasteiger partial charge in [-0.1, -0.05) is 18.2 Å². The van der Waals surface area contributed by atoms with Gasteiger partial charge in [0, 0.05) is 25.8 Å². The second kappa shape index (κ2) is 7.76. The molecule has 1 aliphatic heterocycles. The number of rotatable bonds is 5. The Kier molecular flexibility index (Phi) is 5.95. The minimum Gasteiger partial charge on any atom is -0.455 e. The van der Waals surface area contributed by atoms with E-state index >= 15 is 0 Å². The molecule has 0 N–H and O–H groups in total. The zero-order valence-electron chi connectivity index (χ0n) is 13.8. The number of amides is 1. The monoisotopic (exact) mass is 354 g/mol. The van der Waals surface area contributed by atoms with Crippen LogP contribution in [0.25, 0.3) is 0 Å². The van der Waals surface area contributed by atoms with E-state index in [-0.39, 0.29) is 18.4 Å². The molecule has 1 aliphatic rings. The van der Waals surface area contributed by atoms with Crippen LogP contribution < -0.4 is 4.90 Å². The van der Waals surface area contributed by atoms with Gasteiger partial charge in [-0.2, -0.15) is 0 Å². The largest absolute Gasteiger partial charge is 0.455 e. The quantitative estimate of drug-likeness (QED) is 0.733. The Morgan fingerprint density at radius 3 is 2.33 bits per heavy atom. The number of benzene rings is 1. The molecule has 0 atom stereocenters. The summed E-state index contributed by atoms with van der Waals surface area (Å²) in [6.07, 6.45) is 1.98. The van der Waals surface area contributed by atoms with E-state index in [1.165, 1.54) is 9.21 Å². The van der Waals surface area contributed by atoms with Crippen molar-refractivity contribution < 1.29 is 22.7 Å². The lowest BCUT2D eigenvalue weighted by molar-refractivity contribution is -0.153. The number of anilines is 1. The van der Waals surface area contributed by atoms with E-state index in [0.29, 0.717) is 25.9 Å². The fraction of sp³-hybridized carbons (Fsp3) is 0.500. The molecule has 7 nitrogen and oxygen atoms in total. The first-order chi connectivity index (χ1) is 11.3. The first-order valence-corrected chi connectivity index (χ1v) is 9.57. The lowest BCUT2D eigenvalue weighted by atomic mass is 9.98. The number of para-hydroxylation sites is 1. The number of likely N-dealkylation sites (N-methyl/N-ethyl adjacent to an activating group) is 1. The third kappa shape index (κ3) is 4.78. The average molecular weight is 354 g/mol. The highest BCUT2D eigenvalue weighted by molar-refractivity contribution is 7.88. The zero-order chi connectivity index (χ0) is 17.7. The van der Waals surface area contributed by atoms with Crippen LogP contribution in [0.1, 0.15) is 12.8 Å². The molecule has 1 fully saturated rings. The summed E-state index contributed by atoms with van der Waals surface area (Å²) < 4.78 is 29.4. The van der Waals surface area contributed by atoms with Crippen molar-refractivity contribution in [3.63, 3.8) is 0 Å². The molecule has 1 amide bonds. The van der Waals surface area contributed by atoms with Crippen molar-refractivity contribution in [3.05, 3.63) is 30.3 Å². The Bertz CT molecular complexity index is 682. The molecule has 0 unspecified atom stereocenters. The molecule has 0 bridgehead atoms. The Morgan fingerprint density at radius 2 is 1.79 bits per heavy atom. The summed E-state index contributed by atoms with van der Waals surface area (Å²) in [5.74, 6) is -1.13. The fourth-order valence-electron chi connectivity index (χ4n) is 2.57. The molecule has 0 aliphatic carbocycles. The molecule has 8 heteroatoms. The van der Waals surface area contributed by atoms with E-state index in [2.05, 4.69) is 0 Å². The summed E-state index contributed by atoms with van der Waals surface area (Å²) >= 11 is 0. The fourth-order valence-corrected chi connectivity index (χ4v) is 3.44. The maximum absolute atomic E-state index is 12.1. The maximum atomic E-state index is 12.1. The van der Waals surface area contributed by atoms with Gasteiger partial charge in [0.25, 0.3) is 5.91 Å². The Labute approximate surface area is 142 Å². The second-order valence-electron chi connectivity index (χ2n) is 5.83. The van der Waals surface area contributed by atoms with Crippen LogP contribution >= 0.6 is 0 Å². The van der Waals surface area contributed by atoms with E-state index in [1.807, 2.05) is 18.2 Å². The highest BCUT2D eigenvalue weighted by atomic mass is 32.2. The van der Waals surface area contributed by atoms with Gasteiger partial charge in [-0.3, -0.25) is 9.59 Å². The van der Waals surface area contributed by atoms with Gasteiger partial charge in [0.2, 0.25) is 10.0 Å². The first-order valence-electron chi connectivity index (χ1n) is 7.72. The minimum atomic E-state index is -3.22. The van der Waals surface area contributed by atoms with Crippen molar-refractivity contribution in [3.8, 4) is 0 Å². The SMILES string of the molecule is CN(C(=O)COC(=O)C1CCN(S(C)(=O)=O)CC1)c1ccccc1. The van der Waals surface area contributed by atoms with E-state index in [1.54, 1.807) is 19.2 Å². The second-order valence-corrected chi connectivity index (χ2v) is 7.81. The van der Waals surface area contributed by atoms with Crippen LogP contribution in [-0.2, 0) is 24.3 Å². The Hall–Kier alpha value is -1.93. The Balaban J connectivity index is 1.80. The molecule has 132 valence electrons. The van der Waals surface area contributed by atoms with Crippen LogP contribution in [-0.4, -0.2) is 57.6 Å². The van der Waals surface area contributed by atoms with E-state index in [4.69, 9.17) is 4.74 Å². The van der Waals surface area contributed by atoms with Gasteiger partial charge in [0.15, 0.2) is 6.61 Å². The van der Waals surface area contributed by atoms with Crippen LogP contribution in [0.5, 0.6) is 0 Å². The van der Waals surface area contributed by atoms with Gasteiger partial charge < -0.3 is 9.64 Å². The predicted octanol–water partition coefficient (Wildman–Crippen LogP) is 0.864. The molecule has 0 aromatic heterocycles. The van der Waals surface area contributed by atoms with Gasteiger partial charge in [0.1, 0.15) is 0 Å². The van der Waals surface area contributed by atoms with Gasteiger partial charge in [0.05, 0.1) is 12.2 Å². The smallest absolute Gasteiger partial charge is 0.309 e. The van der Waals surface area contributed by atoms with Crippen molar-refractivity contribution in [2.24, 2.45) is 5.92 Å². The molecule has 2 rings (SSSR count). The summed E-state index contributed by atoms with van der Waals surface area (Å²) in [6.45, 7) is 0.281. The van der Waals surface area contributed by atoms with E-state index in [9.17, 15) is 18.0 Å². The van der Waals surface area contributed by atoms with E-state index < -0.39 is 16.0 Å². The van der Waals surface area contributed by atoms with Crippen molar-refractivity contribution in [2.45, 2.75) is 12.8 Å². The number of hydrogen-bond acceptors (Lipinski definition) is 5. The van der Waals surface area contributed by atoms with Crippen LogP contribution in [0.2, 0.25) is 0 Å². The summed E-state index contributed by atoms with van der Waals surface area (Å²) in [7, 11) is -1.60. The van der Waals surface area contributed by atoms with Gasteiger partial charge in [-0.15, -0.1) is 0 Å². The molecular weight excluding hydrogens is 332 g/mol. The molecule has 0 spiro atoms. The van der Waals surface area contributed by atoms with Gasteiger partial charge in [-0.25, -0.2) is 12.7 Å². The molecule has 1 aromatic rings. The molecule has 0 saturated carbocycles. The molecule has 1 aromatic carbocycles. The number of hydrogen-bond donors (Lipinski definition) is 0. The highest BCUT2D eigenvalue weighted by Crippen LogP contribution is 2.20. The first kappa shape index (κ1) is 18.4. The Morgan fingerprint density at radius 1 is 1.21 bits per heavy atom. The standard InChI is InChI=1S/C16H22N2O5S/c1-17(14-6-4-3-5-7-14)15(19)12-23-16(20)13-8-10-18(11-9-13)24(2,21)22/h3-7,13H,8-12H2,1-2H3. The van der Waals surface area contributed by atoms with Crippen LogP contribution in [0.15, 0.2) is 30.3 Å². The van der Waals surface area contributed by atoms with Crippen molar-refractivity contribution >= 4 is 27.6 Å². The highest BCUT2D eigenvalue weighted by Gasteiger charge is 2.30. The number of carbonyl (C=O) groups excluding carboxylic acids is 2. The number of sulfonamides is 1. The summed E-state index contributed by atoms with van der Waals surface area (Å²) in [4.78, 5) is 25.6. The van der Waals surface area contributed by atoms with Gasteiger partial charge in [-0.05, 0) is 25.0 Å². The lowest BCUT2D eigenvalue weighted by Crippen LogP contribution is -2.40. The molecule has 0 radical (unpaired) electrons. The predicted molar refractivity (Wildman–Crippen MR) is 90.0 cm³/mol. The minimum absolute atomic E-state index is 0.302. The molecule has 24 heavy (non-hydrogen) atoms. The average Bonchev–Trinajstić information content (AvgIpc) is 2.58. The van der Waals surface area contributed by atoms with E-state index in [0.717, 1.165) is 11.9 Å². The maximum Gasteiger partial charge on any atom is 0.309 e. The van der Waals surface area contributed by atoms with Crippen molar-refractivity contribution in [1.29, 1.82) is 0 Å². The summed E-state index contributed by atoms with van der Waals surface area (Å²) in [6, 6.07) is 9.08. The number of nitrogens with zero attached hydrogens (tertiary/aromatic N) is 2. The van der Waals surface area contributed by atoms with Crippen molar-refractivity contribution in [1.82, 2.24) is 4.31 Å². The number of esters is 1.